The summed E-state index contributed by atoms with van der Waals surface area (Å²) in [4.78, 5) is 11.6. The molecule has 0 saturated heterocycles. The second kappa shape index (κ2) is 8.09. The van der Waals surface area contributed by atoms with Crippen LogP contribution in [0, 0.1) is 6.92 Å². The van der Waals surface area contributed by atoms with Gasteiger partial charge in [0, 0.05) is 0 Å². The summed E-state index contributed by atoms with van der Waals surface area (Å²) < 4.78 is 74.8. The Morgan fingerprint density at radius 2 is 1.68 bits per heavy atom. The fraction of sp³-hybridized carbons (Fsp3) is 0.278. The first-order chi connectivity index (χ1) is 13.0. The molecule has 0 spiro atoms. The molecular weight excluding hydrogens is 399 g/mol. The number of nitrogens with zero attached hydrogens (tertiary/aromatic N) is 1. The minimum absolute atomic E-state index is 0.105. The molecule has 0 unspecified atom stereocenters. The number of hydrogen-bond donors (Lipinski definition) is 0. The van der Waals surface area contributed by atoms with E-state index in [1.165, 1.54) is 25.3 Å². The summed E-state index contributed by atoms with van der Waals surface area (Å²) in [6.45, 7) is 0.940. The van der Waals surface area contributed by atoms with E-state index >= 15 is 0 Å². The molecule has 2 aromatic carbocycles. The lowest BCUT2D eigenvalue weighted by Gasteiger charge is -2.24. The lowest BCUT2D eigenvalue weighted by Crippen LogP contribution is -2.36. The van der Waals surface area contributed by atoms with Crippen LogP contribution in [-0.2, 0) is 25.7 Å². The minimum Gasteiger partial charge on any atom is -0.496 e. The lowest BCUT2D eigenvalue weighted by molar-refractivity contribution is -0.139. The van der Waals surface area contributed by atoms with Crippen molar-refractivity contribution in [3.63, 3.8) is 0 Å². The van der Waals surface area contributed by atoms with E-state index in [-0.39, 0.29) is 10.6 Å². The quantitative estimate of drug-likeness (QED) is 0.674. The zero-order valence-electron chi connectivity index (χ0n) is 15.3. The molecule has 0 aliphatic rings. The van der Waals surface area contributed by atoms with Crippen molar-refractivity contribution >= 4 is 21.7 Å². The molecule has 28 heavy (non-hydrogen) atoms. The maximum atomic E-state index is 13.1. The summed E-state index contributed by atoms with van der Waals surface area (Å²) in [6, 6.07) is 7.55. The normalized spacial score (nSPS) is 11.8. The van der Waals surface area contributed by atoms with Crippen LogP contribution in [0.15, 0.2) is 47.4 Å². The van der Waals surface area contributed by atoms with Gasteiger partial charge in [-0.15, -0.1) is 0 Å². The maximum absolute atomic E-state index is 13.1. The van der Waals surface area contributed by atoms with Crippen LogP contribution in [0.25, 0.3) is 0 Å². The monoisotopic (exact) mass is 417 g/mol. The number of aryl methyl sites for hydroxylation is 1. The van der Waals surface area contributed by atoms with Crippen molar-refractivity contribution in [1.82, 2.24) is 0 Å². The van der Waals surface area contributed by atoms with Crippen molar-refractivity contribution in [3.05, 3.63) is 53.6 Å². The first-order valence-corrected chi connectivity index (χ1v) is 9.36. The molecule has 6 nitrogen and oxygen atoms in total. The van der Waals surface area contributed by atoms with Crippen molar-refractivity contribution in [2.24, 2.45) is 0 Å². The number of alkyl halides is 3. The van der Waals surface area contributed by atoms with Gasteiger partial charge in [-0.25, -0.2) is 8.42 Å². The Hall–Kier alpha value is -2.75. The average Bonchev–Trinajstić information content (AvgIpc) is 2.65. The van der Waals surface area contributed by atoms with E-state index in [1.54, 1.807) is 6.92 Å². The molecule has 0 saturated carbocycles. The largest absolute Gasteiger partial charge is 0.496 e. The topological polar surface area (TPSA) is 72.9 Å². The Morgan fingerprint density at radius 3 is 2.14 bits per heavy atom. The maximum Gasteiger partial charge on any atom is 0.416 e. The summed E-state index contributed by atoms with van der Waals surface area (Å²) in [7, 11) is -1.75. The fourth-order valence-corrected chi connectivity index (χ4v) is 3.95. The van der Waals surface area contributed by atoms with Gasteiger partial charge in [-0.1, -0.05) is 0 Å². The third kappa shape index (κ3) is 4.56. The Balaban J connectivity index is 2.53. The predicted molar refractivity (Wildman–Crippen MR) is 95.7 cm³/mol. The Morgan fingerprint density at radius 1 is 1.07 bits per heavy atom. The Bertz CT molecular complexity index is 956. The van der Waals surface area contributed by atoms with E-state index in [0.29, 0.717) is 15.6 Å². The number of esters is 1. The molecule has 2 rings (SSSR count). The molecule has 0 fully saturated rings. The van der Waals surface area contributed by atoms with Crippen LogP contribution in [-0.4, -0.2) is 35.2 Å². The highest BCUT2D eigenvalue weighted by Crippen LogP contribution is 2.32. The van der Waals surface area contributed by atoms with Gasteiger partial charge >= 0.3 is 12.1 Å². The summed E-state index contributed by atoms with van der Waals surface area (Å²) in [5, 5.41) is 0. The molecule has 0 amide bonds. The fourth-order valence-electron chi connectivity index (χ4n) is 2.45. The van der Waals surface area contributed by atoms with Gasteiger partial charge in [0.05, 0.1) is 30.4 Å². The molecule has 10 heteroatoms. The number of sulfonamides is 1. The molecule has 152 valence electrons. The zero-order chi connectivity index (χ0) is 21.1. The van der Waals surface area contributed by atoms with Crippen molar-refractivity contribution in [1.29, 1.82) is 0 Å². The van der Waals surface area contributed by atoms with Crippen molar-refractivity contribution < 1.29 is 35.9 Å². The highest BCUT2D eigenvalue weighted by Gasteiger charge is 2.32. The van der Waals surface area contributed by atoms with Crippen molar-refractivity contribution in [3.8, 4) is 5.75 Å². The van der Waals surface area contributed by atoms with Gasteiger partial charge < -0.3 is 9.47 Å². The standard InChI is InChI=1S/C18H18F3NO5S/c1-12-10-15(8-9-16(12)26-2)28(24,25)22(11-17(23)27-3)14-6-4-13(5-7-14)18(19,20)21/h4-10H,11H2,1-3H3. The SMILES string of the molecule is COC(=O)CN(c1ccc(C(F)(F)F)cc1)S(=O)(=O)c1ccc(OC)c(C)c1. The summed E-state index contributed by atoms with van der Waals surface area (Å²) in [5.41, 5.74) is -0.507. The molecule has 0 N–H and O–H groups in total. The van der Waals surface area contributed by atoms with Gasteiger partial charge in [-0.2, -0.15) is 13.2 Å². The van der Waals surface area contributed by atoms with Crippen LogP contribution >= 0.6 is 0 Å². The Labute approximate surface area is 160 Å². The first-order valence-electron chi connectivity index (χ1n) is 7.92. The van der Waals surface area contributed by atoms with Crippen LogP contribution in [0.3, 0.4) is 0 Å². The van der Waals surface area contributed by atoms with Crippen LogP contribution in [0.5, 0.6) is 5.75 Å². The number of ether oxygens (including phenoxy) is 2. The molecule has 0 atom stereocenters. The van der Waals surface area contributed by atoms with Crippen LogP contribution < -0.4 is 9.04 Å². The van der Waals surface area contributed by atoms with Crippen LogP contribution in [0.4, 0.5) is 18.9 Å². The number of methoxy groups -OCH3 is 2. The second-order valence-electron chi connectivity index (χ2n) is 5.76. The van der Waals surface area contributed by atoms with Gasteiger partial charge in [-0.3, -0.25) is 9.10 Å². The molecule has 0 aromatic heterocycles. The van der Waals surface area contributed by atoms with E-state index in [2.05, 4.69) is 4.74 Å². The highest BCUT2D eigenvalue weighted by molar-refractivity contribution is 7.92. The van der Waals surface area contributed by atoms with Gasteiger partial charge in [-0.05, 0) is 55.0 Å². The summed E-state index contributed by atoms with van der Waals surface area (Å²) >= 11 is 0. The van der Waals surface area contributed by atoms with E-state index < -0.39 is 34.3 Å². The van der Waals surface area contributed by atoms with Crippen molar-refractivity contribution in [2.45, 2.75) is 18.0 Å². The molecule has 0 heterocycles. The van der Waals surface area contributed by atoms with Crippen LogP contribution in [0.2, 0.25) is 0 Å². The predicted octanol–water partition coefficient (Wildman–Crippen LogP) is 3.39. The molecule has 0 radical (unpaired) electrons. The van der Waals surface area contributed by atoms with E-state index in [1.807, 2.05) is 0 Å². The molecule has 0 aliphatic heterocycles. The van der Waals surface area contributed by atoms with Crippen molar-refractivity contribution in [2.75, 3.05) is 25.1 Å². The molecule has 0 bridgehead atoms. The average molecular weight is 417 g/mol. The summed E-state index contributed by atoms with van der Waals surface area (Å²) in [6.07, 6.45) is -4.57. The van der Waals surface area contributed by atoms with E-state index in [9.17, 15) is 26.4 Å². The first kappa shape index (κ1) is 21.5. The minimum atomic E-state index is -4.57. The number of halogens is 3. The number of hydrogen-bond acceptors (Lipinski definition) is 5. The zero-order valence-corrected chi connectivity index (χ0v) is 16.1. The number of benzene rings is 2. The van der Waals surface area contributed by atoms with Crippen LogP contribution in [0.1, 0.15) is 11.1 Å². The molecule has 2 aromatic rings. The number of carbonyl (C=O) groups is 1. The van der Waals surface area contributed by atoms with E-state index in [4.69, 9.17) is 4.74 Å². The number of rotatable bonds is 6. The van der Waals surface area contributed by atoms with Gasteiger partial charge in [0.2, 0.25) is 0 Å². The van der Waals surface area contributed by atoms with Gasteiger partial charge in [0.25, 0.3) is 10.0 Å². The number of carbonyl (C=O) groups excluding carboxylic acids is 1. The third-order valence-corrected chi connectivity index (χ3v) is 5.71. The molecular formula is C18H18F3NO5S. The number of anilines is 1. The smallest absolute Gasteiger partial charge is 0.416 e. The lowest BCUT2D eigenvalue weighted by atomic mass is 10.2. The highest BCUT2D eigenvalue weighted by atomic mass is 32.2. The third-order valence-electron chi connectivity index (χ3n) is 3.94. The molecule has 0 aliphatic carbocycles. The summed E-state index contributed by atoms with van der Waals surface area (Å²) in [5.74, 6) is -0.401. The second-order valence-corrected chi connectivity index (χ2v) is 7.63. The van der Waals surface area contributed by atoms with E-state index in [0.717, 1.165) is 31.4 Å². The van der Waals surface area contributed by atoms with Gasteiger partial charge in [0.1, 0.15) is 12.3 Å². The Kier molecular flexibility index (Phi) is 6.23. The van der Waals surface area contributed by atoms with Gasteiger partial charge in [0.15, 0.2) is 0 Å².